The van der Waals surface area contributed by atoms with Gasteiger partial charge < -0.3 is 20.1 Å². The molecule has 2 fully saturated rings. The summed E-state index contributed by atoms with van der Waals surface area (Å²) >= 11 is 0. The first-order valence-corrected chi connectivity index (χ1v) is 13.5. The van der Waals surface area contributed by atoms with E-state index >= 15 is 0 Å². The van der Waals surface area contributed by atoms with Crippen LogP contribution in [0.5, 0.6) is 11.5 Å². The van der Waals surface area contributed by atoms with Crippen molar-refractivity contribution < 1.29 is 9.84 Å². The molecule has 4 heteroatoms. The number of phenolic OH excluding ortho intramolecular Hbond substituents is 1. The van der Waals surface area contributed by atoms with Gasteiger partial charge in [-0.3, -0.25) is 0 Å². The van der Waals surface area contributed by atoms with Gasteiger partial charge in [-0.1, -0.05) is 19.1 Å². The van der Waals surface area contributed by atoms with Crippen molar-refractivity contribution in [1.82, 2.24) is 5.32 Å². The van der Waals surface area contributed by atoms with Crippen LogP contribution in [-0.2, 0) is 13.0 Å². The van der Waals surface area contributed by atoms with E-state index in [4.69, 9.17) is 4.74 Å². The molecule has 0 amide bonds. The number of ether oxygens (including phenoxy) is 1. The van der Waals surface area contributed by atoms with Gasteiger partial charge in [0.15, 0.2) is 0 Å². The fourth-order valence-corrected chi connectivity index (χ4v) is 7.74. The van der Waals surface area contributed by atoms with Gasteiger partial charge in [0.05, 0.1) is 7.11 Å². The maximum absolute atomic E-state index is 10.7. The number of nitrogens with one attached hydrogen (secondary N) is 1. The lowest BCUT2D eigenvalue weighted by Crippen LogP contribution is -2.48. The smallest absolute Gasteiger partial charge is 0.122 e. The molecule has 3 aliphatic rings. The lowest BCUT2D eigenvalue weighted by atomic mass is 9.55. The van der Waals surface area contributed by atoms with Gasteiger partial charge in [0.1, 0.15) is 11.5 Å². The normalized spacial score (nSPS) is 29.8. The minimum Gasteiger partial charge on any atom is -0.508 e. The Hall–Kier alpha value is -2.20. The van der Waals surface area contributed by atoms with Gasteiger partial charge in [-0.05, 0) is 105 Å². The summed E-state index contributed by atoms with van der Waals surface area (Å²) in [5.74, 6) is 3.71. The fraction of sp³-hybridized carbons (Fsp3) is 0.600. The molecule has 0 heterocycles. The Morgan fingerprint density at radius 1 is 1.06 bits per heavy atom. The van der Waals surface area contributed by atoms with Crippen LogP contribution in [0.3, 0.4) is 0 Å². The first-order valence-electron chi connectivity index (χ1n) is 13.5. The number of nitrogens with zero attached hydrogens (tertiary/aromatic N) is 1. The van der Waals surface area contributed by atoms with Gasteiger partial charge in [0, 0.05) is 43.0 Å². The number of methoxy groups -OCH3 is 1. The largest absolute Gasteiger partial charge is 0.508 e. The van der Waals surface area contributed by atoms with Crippen molar-refractivity contribution in [3.05, 3.63) is 53.1 Å². The molecule has 0 spiro atoms. The number of benzene rings is 2. The Morgan fingerprint density at radius 2 is 1.88 bits per heavy atom. The summed E-state index contributed by atoms with van der Waals surface area (Å²) in [5.41, 5.74) is 5.57. The van der Waals surface area contributed by atoms with Crippen molar-refractivity contribution in [2.45, 2.75) is 77.8 Å². The first-order chi connectivity index (χ1) is 16.5. The van der Waals surface area contributed by atoms with Crippen LogP contribution < -0.4 is 15.0 Å². The molecule has 0 saturated heterocycles. The molecule has 2 aromatic carbocycles. The predicted octanol–water partition coefficient (Wildman–Crippen LogP) is 6.26. The summed E-state index contributed by atoms with van der Waals surface area (Å²) in [6.07, 6.45) is 7.65. The highest BCUT2D eigenvalue weighted by molar-refractivity contribution is 5.53. The minimum absolute atomic E-state index is 0.349. The Bertz CT molecular complexity index is 1020. The summed E-state index contributed by atoms with van der Waals surface area (Å²) in [6.45, 7) is 9.51. The number of aryl methyl sites for hydroxylation is 1. The van der Waals surface area contributed by atoms with Crippen molar-refractivity contribution in [1.29, 1.82) is 0 Å². The molecule has 4 nitrogen and oxygen atoms in total. The van der Waals surface area contributed by atoms with Crippen molar-refractivity contribution in [2.24, 2.45) is 17.3 Å². The zero-order valence-corrected chi connectivity index (χ0v) is 21.4. The maximum atomic E-state index is 10.7. The Balaban J connectivity index is 1.28. The molecule has 0 bridgehead atoms. The number of anilines is 1. The van der Waals surface area contributed by atoms with Crippen molar-refractivity contribution in [3.63, 3.8) is 0 Å². The molecular weight excluding hydrogens is 420 g/mol. The van der Waals surface area contributed by atoms with E-state index in [1.807, 2.05) is 6.07 Å². The van der Waals surface area contributed by atoms with Crippen LogP contribution in [-0.4, -0.2) is 31.3 Å². The predicted molar refractivity (Wildman–Crippen MR) is 140 cm³/mol. The third kappa shape index (κ3) is 3.98. The maximum Gasteiger partial charge on any atom is 0.122 e. The SMILES string of the molecule is CCN(CC)c1ccc(CNC2CCC3C4CCc5cc(OC)ccc5C4CCC23C)c(O)c1. The molecule has 2 aromatic rings. The van der Waals surface area contributed by atoms with E-state index in [9.17, 15) is 5.11 Å². The molecule has 34 heavy (non-hydrogen) atoms. The van der Waals surface area contributed by atoms with Crippen LogP contribution in [0, 0.1) is 17.3 Å². The molecule has 5 rings (SSSR count). The van der Waals surface area contributed by atoms with Crippen LogP contribution in [0.4, 0.5) is 5.69 Å². The molecule has 2 N–H and O–H groups in total. The first kappa shape index (κ1) is 23.5. The number of rotatable bonds is 7. The zero-order valence-electron chi connectivity index (χ0n) is 21.4. The monoisotopic (exact) mass is 462 g/mol. The molecule has 2 saturated carbocycles. The van der Waals surface area contributed by atoms with Crippen LogP contribution in [0.2, 0.25) is 0 Å². The summed E-state index contributed by atoms with van der Waals surface area (Å²) in [7, 11) is 1.77. The summed E-state index contributed by atoms with van der Waals surface area (Å²) < 4.78 is 5.49. The van der Waals surface area contributed by atoms with E-state index < -0.39 is 0 Å². The second-order valence-electron chi connectivity index (χ2n) is 11.0. The Morgan fingerprint density at radius 3 is 2.62 bits per heavy atom. The molecule has 3 aliphatic carbocycles. The highest BCUT2D eigenvalue weighted by Crippen LogP contribution is 2.61. The topological polar surface area (TPSA) is 44.7 Å². The Kier molecular flexibility index (Phi) is 6.54. The van der Waals surface area contributed by atoms with Crippen molar-refractivity contribution in [3.8, 4) is 11.5 Å². The van der Waals surface area contributed by atoms with Crippen molar-refractivity contribution in [2.75, 3.05) is 25.1 Å². The second-order valence-corrected chi connectivity index (χ2v) is 11.0. The summed E-state index contributed by atoms with van der Waals surface area (Å²) in [6, 6.07) is 13.5. The fourth-order valence-electron chi connectivity index (χ4n) is 7.74. The van der Waals surface area contributed by atoms with Gasteiger partial charge in [0.25, 0.3) is 0 Å². The standard InChI is InChI=1S/C30H42N2O2/c1-5-32(6-2)22-9-7-21(28(33)18-22)19-31-29-14-13-27-26-11-8-20-17-23(34-4)10-12-24(20)25(26)15-16-30(27,29)3/h7,9-10,12,17-18,25-27,29,31,33H,5-6,8,11,13-16,19H2,1-4H3. The van der Waals surface area contributed by atoms with Gasteiger partial charge in [-0.15, -0.1) is 0 Å². The average Bonchev–Trinajstić information content (AvgIpc) is 3.20. The van der Waals surface area contributed by atoms with Crippen LogP contribution in [0.15, 0.2) is 36.4 Å². The molecule has 0 aromatic heterocycles. The third-order valence-electron chi connectivity index (χ3n) is 9.67. The average molecular weight is 463 g/mol. The zero-order chi connectivity index (χ0) is 23.9. The second kappa shape index (κ2) is 9.45. The molecule has 5 unspecified atom stereocenters. The van der Waals surface area contributed by atoms with Crippen molar-refractivity contribution >= 4 is 5.69 Å². The number of aromatic hydroxyl groups is 1. The van der Waals surface area contributed by atoms with Gasteiger partial charge in [-0.25, -0.2) is 0 Å². The number of hydrogen-bond donors (Lipinski definition) is 2. The summed E-state index contributed by atoms with van der Waals surface area (Å²) in [5, 5.41) is 14.6. The van der Waals surface area contributed by atoms with E-state index in [0.29, 0.717) is 23.1 Å². The molecule has 0 radical (unpaired) electrons. The van der Waals surface area contributed by atoms with E-state index in [1.54, 1.807) is 12.7 Å². The van der Waals surface area contributed by atoms with Gasteiger partial charge in [0.2, 0.25) is 0 Å². The van der Waals surface area contributed by atoms with E-state index in [2.05, 4.69) is 61.3 Å². The van der Waals surface area contributed by atoms with Gasteiger partial charge >= 0.3 is 0 Å². The molecule has 0 aliphatic heterocycles. The summed E-state index contributed by atoms with van der Waals surface area (Å²) in [4.78, 5) is 2.27. The Labute approximate surface area is 205 Å². The van der Waals surface area contributed by atoms with Crippen LogP contribution in [0.25, 0.3) is 0 Å². The highest BCUT2D eigenvalue weighted by Gasteiger charge is 2.54. The van der Waals surface area contributed by atoms with E-state index in [0.717, 1.165) is 48.5 Å². The number of hydrogen-bond acceptors (Lipinski definition) is 4. The van der Waals surface area contributed by atoms with Crippen LogP contribution in [0.1, 0.15) is 75.5 Å². The lowest BCUT2D eigenvalue weighted by Gasteiger charge is -2.51. The number of phenols is 1. The third-order valence-corrected chi connectivity index (χ3v) is 9.67. The highest BCUT2D eigenvalue weighted by atomic mass is 16.5. The number of fused-ring (bicyclic) bond motifs is 5. The minimum atomic E-state index is 0.349. The molecule has 184 valence electrons. The van der Waals surface area contributed by atoms with E-state index in [-0.39, 0.29) is 0 Å². The lowest BCUT2D eigenvalue weighted by molar-refractivity contribution is 0.0407. The quantitative estimate of drug-likeness (QED) is 0.510. The van der Waals surface area contributed by atoms with E-state index in [1.165, 1.54) is 44.1 Å². The van der Waals surface area contributed by atoms with Gasteiger partial charge in [-0.2, -0.15) is 0 Å². The molecular formula is C30H42N2O2. The molecule has 5 atom stereocenters. The van der Waals surface area contributed by atoms with Crippen LogP contribution >= 0.6 is 0 Å².